The molecule has 1 aromatic rings. The minimum absolute atomic E-state index is 0.104. The van der Waals surface area contributed by atoms with Crippen LogP contribution in [-0.2, 0) is 24.1 Å². The summed E-state index contributed by atoms with van der Waals surface area (Å²) in [5, 5.41) is 9.21. The summed E-state index contributed by atoms with van der Waals surface area (Å²) in [7, 11) is 1.68. The van der Waals surface area contributed by atoms with Gasteiger partial charge in [0.25, 0.3) is 0 Å². The third-order valence-electron chi connectivity index (χ3n) is 3.56. The van der Waals surface area contributed by atoms with Gasteiger partial charge in [-0.25, -0.2) is 4.98 Å². The van der Waals surface area contributed by atoms with Crippen LogP contribution in [0.25, 0.3) is 0 Å². The van der Waals surface area contributed by atoms with Gasteiger partial charge in [-0.15, -0.1) is 0 Å². The standard InChI is InChI=1S/C14H23N3O2/c1-19-8-6-17(5-7-18)14-12(10-15)9-11-3-2-4-13(11)16-14/h9,18H,2-8,10,15H2,1H3. The number of pyridine rings is 1. The second kappa shape index (κ2) is 6.84. The van der Waals surface area contributed by atoms with Gasteiger partial charge in [0.1, 0.15) is 5.82 Å². The quantitative estimate of drug-likeness (QED) is 0.750. The molecule has 0 saturated heterocycles. The fourth-order valence-corrected chi connectivity index (χ4v) is 2.58. The SMILES string of the molecule is COCCN(CCO)c1nc2c(cc1CN)CCC2. The Bertz CT molecular complexity index is 423. The van der Waals surface area contributed by atoms with Gasteiger partial charge in [0, 0.05) is 38.0 Å². The molecule has 3 N–H and O–H groups in total. The number of anilines is 1. The number of aromatic nitrogens is 1. The summed E-state index contributed by atoms with van der Waals surface area (Å²) in [6.07, 6.45) is 3.33. The first kappa shape index (κ1) is 14.2. The van der Waals surface area contributed by atoms with Crippen LogP contribution in [-0.4, -0.2) is 43.5 Å². The minimum atomic E-state index is 0.104. The highest BCUT2D eigenvalue weighted by Gasteiger charge is 2.19. The lowest BCUT2D eigenvalue weighted by Crippen LogP contribution is -2.32. The Morgan fingerprint density at radius 2 is 2.26 bits per heavy atom. The zero-order chi connectivity index (χ0) is 13.7. The van der Waals surface area contributed by atoms with Gasteiger partial charge < -0.3 is 20.5 Å². The Hall–Kier alpha value is -1.17. The topological polar surface area (TPSA) is 71.6 Å². The van der Waals surface area contributed by atoms with Crippen LogP contribution >= 0.6 is 0 Å². The van der Waals surface area contributed by atoms with Gasteiger partial charge in [0.05, 0.1) is 13.2 Å². The Morgan fingerprint density at radius 3 is 2.95 bits per heavy atom. The monoisotopic (exact) mass is 265 g/mol. The van der Waals surface area contributed by atoms with E-state index in [0.717, 1.165) is 30.8 Å². The van der Waals surface area contributed by atoms with Crippen molar-refractivity contribution in [2.75, 3.05) is 38.3 Å². The van der Waals surface area contributed by atoms with Gasteiger partial charge in [-0.1, -0.05) is 0 Å². The summed E-state index contributed by atoms with van der Waals surface area (Å²) in [5.41, 5.74) is 9.43. The summed E-state index contributed by atoms with van der Waals surface area (Å²) < 4.78 is 5.12. The highest BCUT2D eigenvalue weighted by molar-refractivity contribution is 5.51. The van der Waals surface area contributed by atoms with Crippen molar-refractivity contribution >= 4 is 5.82 Å². The van der Waals surface area contributed by atoms with Gasteiger partial charge in [0.2, 0.25) is 0 Å². The Labute approximate surface area is 114 Å². The van der Waals surface area contributed by atoms with Crippen molar-refractivity contribution < 1.29 is 9.84 Å². The van der Waals surface area contributed by atoms with Crippen molar-refractivity contribution in [2.24, 2.45) is 5.73 Å². The van der Waals surface area contributed by atoms with E-state index in [2.05, 4.69) is 11.0 Å². The minimum Gasteiger partial charge on any atom is -0.395 e. The third kappa shape index (κ3) is 3.23. The van der Waals surface area contributed by atoms with Crippen molar-refractivity contribution in [3.05, 3.63) is 22.9 Å². The molecule has 1 aromatic heterocycles. The molecule has 0 unspecified atom stereocenters. The summed E-state index contributed by atoms with van der Waals surface area (Å²) in [5.74, 6) is 0.911. The highest BCUT2D eigenvalue weighted by atomic mass is 16.5. The summed E-state index contributed by atoms with van der Waals surface area (Å²) in [4.78, 5) is 6.83. The number of hydrogen-bond acceptors (Lipinski definition) is 5. The predicted molar refractivity (Wildman–Crippen MR) is 75.3 cm³/mol. The predicted octanol–water partition coefficient (Wildman–Crippen LogP) is 0.474. The molecule has 0 aliphatic heterocycles. The van der Waals surface area contributed by atoms with E-state index in [4.69, 9.17) is 15.5 Å². The molecular formula is C14H23N3O2. The van der Waals surface area contributed by atoms with Crippen LogP contribution in [0.4, 0.5) is 5.82 Å². The van der Waals surface area contributed by atoms with E-state index in [0.29, 0.717) is 19.7 Å². The number of aryl methyl sites for hydroxylation is 2. The van der Waals surface area contributed by atoms with Crippen LogP contribution in [0.3, 0.4) is 0 Å². The number of aliphatic hydroxyl groups excluding tert-OH is 1. The number of hydrogen-bond donors (Lipinski definition) is 2. The molecule has 0 atom stereocenters. The van der Waals surface area contributed by atoms with E-state index in [1.54, 1.807) is 7.11 Å². The normalized spacial score (nSPS) is 13.6. The first-order valence-electron chi connectivity index (χ1n) is 6.86. The van der Waals surface area contributed by atoms with Crippen molar-refractivity contribution in [3.8, 4) is 0 Å². The molecule has 0 radical (unpaired) electrons. The first-order valence-corrected chi connectivity index (χ1v) is 6.86. The molecule has 0 amide bonds. The van der Waals surface area contributed by atoms with Crippen LogP contribution in [0.2, 0.25) is 0 Å². The van der Waals surface area contributed by atoms with E-state index in [1.807, 2.05) is 0 Å². The first-order chi connectivity index (χ1) is 9.30. The van der Waals surface area contributed by atoms with Gasteiger partial charge in [-0.05, 0) is 30.9 Å². The lowest BCUT2D eigenvalue weighted by atomic mass is 10.1. The molecule has 19 heavy (non-hydrogen) atoms. The summed E-state index contributed by atoms with van der Waals surface area (Å²) in [6, 6.07) is 2.18. The molecular weight excluding hydrogens is 242 g/mol. The average molecular weight is 265 g/mol. The zero-order valence-corrected chi connectivity index (χ0v) is 11.6. The lowest BCUT2D eigenvalue weighted by molar-refractivity contribution is 0.202. The van der Waals surface area contributed by atoms with Gasteiger partial charge in [-0.2, -0.15) is 0 Å². The number of methoxy groups -OCH3 is 1. The maximum Gasteiger partial charge on any atom is 0.133 e. The molecule has 0 aromatic carbocycles. The summed E-state index contributed by atoms with van der Waals surface area (Å²) in [6.45, 7) is 2.47. The number of rotatable bonds is 7. The largest absolute Gasteiger partial charge is 0.395 e. The number of ether oxygens (including phenoxy) is 1. The summed E-state index contributed by atoms with van der Waals surface area (Å²) >= 11 is 0. The van der Waals surface area contributed by atoms with Crippen molar-refractivity contribution in [1.29, 1.82) is 0 Å². The molecule has 1 aliphatic rings. The average Bonchev–Trinajstić information content (AvgIpc) is 2.89. The lowest BCUT2D eigenvalue weighted by Gasteiger charge is -2.25. The molecule has 2 rings (SSSR count). The van der Waals surface area contributed by atoms with E-state index in [-0.39, 0.29) is 6.61 Å². The molecule has 5 heteroatoms. The maximum atomic E-state index is 9.21. The number of fused-ring (bicyclic) bond motifs is 1. The van der Waals surface area contributed by atoms with Crippen LogP contribution in [0.15, 0.2) is 6.07 Å². The van der Waals surface area contributed by atoms with Crippen LogP contribution < -0.4 is 10.6 Å². The fraction of sp³-hybridized carbons (Fsp3) is 0.643. The number of nitrogens with two attached hydrogens (primary N) is 1. The molecule has 106 valence electrons. The van der Waals surface area contributed by atoms with Crippen molar-refractivity contribution in [2.45, 2.75) is 25.8 Å². The van der Waals surface area contributed by atoms with Crippen LogP contribution in [0, 0.1) is 0 Å². The highest BCUT2D eigenvalue weighted by Crippen LogP contribution is 2.27. The molecule has 5 nitrogen and oxygen atoms in total. The van der Waals surface area contributed by atoms with E-state index in [1.165, 1.54) is 17.7 Å². The van der Waals surface area contributed by atoms with E-state index in [9.17, 15) is 5.11 Å². The van der Waals surface area contributed by atoms with Gasteiger partial charge in [0.15, 0.2) is 0 Å². The second-order valence-corrected chi connectivity index (χ2v) is 4.84. The van der Waals surface area contributed by atoms with Crippen molar-refractivity contribution in [1.82, 2.24) is 4.98 Å². The molecule has 1 aliphatic carbocycles. The smallest absolute Gasteiger partial charge is 0.133 e. The Balaban J connectivity index is 2.28. The van der Waals surface area contributed by atoms with E-state index >= 15 is 0 Å². The fourth-order valence-electron chi connectivity index (χ4n) is 2.58. The Morgan fingerprint density at radius 1 is 1.42 bits per heavy atom. The number of nitrogens with zero attached hydrogens (tertiary/aromatic N) is 2. The molecule has 0 fully saturated rings. The van der Waals surface area contributed by atoms with Crippen LogP contribution in [0.5, 0.6) is 0 Å². The second-order valence-electron chi connectivity index (χ2n) is 4.84. The molecule has 0 spiro atoms. The van der Waals surface area contributed by atoms with Crippen molar-refractivity contribution in [3.63, 3.8) is 0 Å². The molecule has 0 saturated carbocycles. The van der Waals surface area contributed by atoms with Crippen LogP contribution in [0.1, 0.15) is 23.2 Å². The van der Waals surface area contributed by atoms with Gasteiger partial charge in [-0.3, -0.25) is 0 Å². The van der Waals surface area contributed by atoms with Gasteiger partial charge >= 0.3 is 0 Å². The third-order valence-corrected chi connectivity index (χ3v) is 3.56. The maximum absolute atomic E-state index is 9.21. The molecule has 0 bridgehead atoms. The van der Waals surface area contributed by atoms with E-state index < -0.39 is 0 Å². The Kier molecular flexibility index (Phi) is 5.13. The number of aliphatic hydroxyl groups is 1. The molecule has 1 heterocycles. The zero-order valence-electron chi connectivity index (χ0n) is 11.6.